The molecule has 0 nitrogen and oxygen atoms in total. The van der Waals surface area contributed by atoms with Crippen molar-refractivity contribution in [3.63, 3.8) is 0 Å². The highest BCUT2D eigenvalue weighted by atomic mass is 35.5. The summed E-state index contributed by atoms with van der Waals surface area (Å²) in [7, 11) is 3.54. The van der Waals surface area contributed by atoms with Crippen molar-refractivity contribution in [1.29, 1.82) is 0 Å². The molecule has 0 saturated heterocycles. The Morgan fingerprint density at radius 1 is 1.54 bits per heavy atom. The topological polar surface area (TPSA) is 0 Å². The van der Waals surface area contributed by atoms with E-state index < -0.39 is 0 Å². The lowest BCUT2D eigenvalue weighted by Crippen LogP contribution is -2.22. The van der Waals surface area contributed by atoms with Crippen LogP contribution in [0.25, 0.3) is 0 Å². The van der Waals surface area contributed by atoms with Crippen molar-refractivity contribution >= 4 is 27.0 Å². The second kappa shape index (κ2) is 4.12. The third-order valence-electron chi connectivity index (χ3n) is 2.02. The molecule has 0 aromatic heterocycles. The zero-order chi connectivity index (χ0) is 9.90. The molecule has 1 aromatic rings. The number of halogens is 1. The molecule has 1 atom stereocenters. The highest BCUT2D eigenvalue weighted by molar-refractivity contribution is 6.35. The molecule has 0 spiro atoms. The molecular weight excluding hydrogens is 196 g/mol. The quantitative estimate of drug-likeness (QED) is 0.406. The maximum absolute atomic E-state index is 6.36. The molecule has 3 radical (unpaired) electrons. The Kier molecular flexibility index (Phi) is 3.34. The van der Waals surface area contributed by atoms with Crippen molar-refractivity contribution in [3.8, 4) is 0 Å². The standard InChI is InChI=1S/C11H12ClSi/c1-3-8-11(2,12)9-6-4-5-7-10(9)13/h3-7H,1,8H2,2H3. The van der Waals surface area contributed by atoms with E-state index in [0.717, 1.165) is 17.2 Å². The van der Waals surface area contributed by atoms with E-state index in [1.165, 1.54) is 0 Å². The Morgan fingerprint density at radius 2 is 2.15 bits per heavy atom. The highest BCUT2D eigenvalue weighted by Gasteiger charge is 2.22. The molecule has 0 heterocycles. The van der Waals surface area contributed by atoms with Gasteiger partial charge in [-0.3, -0.25) is 0 Å². The minimum Gasteiger partial charge on any atom is -0.114 e. The average Bonchev–Trinajstić information content (AvgIpc) is 2.04. The van der Waals surface area contributed by atoms with Crippen LogP contribution in [-0.2, 0) is 4.87 Å². The van der Waals surface area contributed by atoms with Gasteiger partial charge in [-0.2, -0.15) is 0 Å². The van der Waals surface area contributed by atoms with E-state index in [0.29, 0.717) is 0 Å². The van der Waals surface area contributed by atoms with Crippen LogP contribution in [0, 0.1) is 0 Å². The van der Waals surface area contributed by atoms with Gasteiger partial charge >= 0.3 is 0 Å². The van der Waals surface area contributed by atoms with E-state index in [1.807, 2.05) is 37.3 Å². The van der Waals surface area contributed by atoms with Crippen molar-refractivity contribution in [1.82, 2.24) is 0 Å². The molecule has 0 aliphatic carbocycles. The maximum Gasteiger partial charge on any atom is 0.0716 e. The summed E-state index contributed by atoms with van der Waals surface area (Å²) in [5.74, 6) is 0. The molecule has 2 heteroatoms. The molecule has 0 N–H and O–H groups in total. The molecule has 67 valence electrons. The van der Waals surface area contributed by atoms with Gasteiger partial charge in [0, 0.05) is 0 Å². The fraction of sp³-hybridized carbons (Fsp3) is 0.273. The molecule has 0 bridgehead atoms. The Labute approximate surface area is 88.0 Å². The summed E-state index contributed by atoms with van der Waals surface area (Å²) < 4.78 is 0. The monoisotopic (exact) mass is 207 g/mol. The lowest BCUT2D eigenvalue weighted by molar-refractivity contribution is 0.696. The molecular formula is C11H12ClSi. The van der Waals surface area contributed by atoms with Gasteiger partial charge in [0.25, 0.3) is 0 Å². The Balaban J connectivity index is 3.06. The largest absolute Gasteiger partial charge is 0.114 e. The van der Waals surface area contributed by atoms with E-state index in [9.17, 15) is 0 Å². The van der Waals surface area contributed by atoms with Gasteiger partial charge in [0.15, 0.2) is 0 Å². The van der Waals surface area contributed by atoms with Crippen LogP contribution in [0.5, 0.6) is 0 Å². The number of rotatable bonds is 3. The smallest absolute Gasteiger partial charge is 0.0716 e. The molecule has 0 amide bonds. The van der Waals surface area contributed by atoms with Crippen LogP contribution in [0.15, 0.2) is 36.9 Å². The van der Waals surface area contributed by atoms with Gasteiger partial charge < -0.3 is 0 Å². The first-order chi connectivity index (χ1) is 6.08. The minimum atomic E-state index is -0.361. The molecule has 0 fully saturated rings. The first-order valence-electron chi connectivity index (χ1n) is 4.19. The summed E-state index contributed by atoms with van der Waals surface area (Å²) in [4.78, 5) is -0.361. The van der Waals surface area contributed by atoms with Crippen molar-refractivity contribution in [3.05, 3.63) is 42.5 Å². The average molecular weight is 208 g/mol. The third kappa shape index (κ3) is 2.45. The van der Waals surface area contributed by atoms with E-state index in [2.05, 4.69) is 16.8 Å². The zero-order valence-corrected chi connectivity index (χ0v) is 9.43. The van der Waals surface area contributed by atoms with Gasteiger partial charge in [-0.25, -0.2) is 0 Å². The van der Waals surface area contributed by atoms with E-state index in [1.54, 1.807) is 0 Å². The van der Waals surface area contributed by atoms with E-state index >= 15 is 0 Å². The lowest BCUT2D eigenvalue weighted by atomic mass is 9.97. The van der Waals surface area contributed by atoms with Crippen molar-refractivity contribution in [2.24, 2.45) is 0 Å². The summed E-state index contributed by atoms with van der Waals surface area (Å²) in [6.45, 7) is 5.70. The fourth-order valence-corrected chi connectivity index (χ4v) is 2.13. The molecule has 1 aromatic carbocycles. The Morgan fingerprint density at radius 3 is 2.69 bits per heavy atom. The fourth-order valence-electron chi connectivity index (χ4n) is 1.32. The Bertz CT molecular complexity index is 305. The van der Waals surface area contributed by atoms with Crippen molar-refractivity contribution < 1.29 is 0 Å². The summed E-state index contributed by atoms with van der Waals surface area (Å²) in [5.41, 5.74) is 1.10. The number of allylic oxidation sites excluding steroid dienone is 1. The van der Waals surface area contributed by atoms with Gasteiger partial charge in [-0.05, 0) is 18.9 Å². The number of benzene rings is 1. The second-order valence-electron chi connectivity index (χ2n) is 3.24. The van der Waals surface area contributed by atoms with Crippen LogP contribution >= 0.6 is 11.6 Å². The summed E-state index contributed by atoms with van der Waals surface area (Å²) in [6, 6.07) is 7.99. The summed E-state index contributed by atoms with van der Waals surface area (Å²) in [5, 5.41) is 1.04. The van der Waals surface area contributed by atoms with Crippen LogP contribution in [0.3, 0.4) is 0 Å². The Hall–Kier alpha value is -0.533. The molecule has 0 aliphatic rings. The molecule has 1 unspecified atom stereocenters. The second-order valence-corrected chi connectivity index (χ2v) is 4.61. The SMILES string of the molecule is C=CCC(C)(Cl)c1ccccc1[Si]. The molecule has 0 saturated carbocycles. The van der Waals surface area contributed by atoms with Crippen LogP contribution in [0.2, 0.25) is 0 Å². The van der Waals surface area contributed by atoms with Crippen molar-refractivity contribution in [2.45, 2.75) is 18.2 Å². The number of hydrogen-bond donors (Lipinski definition) is 0. The van der Waals surface area contributed by atoms with Crippen LogP contribution in [0.4, 0.5) is 0 Å². The van der Waals surface area contributed by atoms with Gasteiger partial charge in [-0.15, -0.1) is 18.2 Å². The van der Waals surface area contributed by atoms with Gasteiger partial charge in [0.2, 0.25) is 0 Å². The zero-order valence-electron chi connectivity index (χ0n) is 7.68. The normalized spacial score (nSPS) is 15.0. The van der Waals surface area contributed by atoms with E-state index in [-0.39, 0.29) is 4.87 Å². The van der Waals surface area contributed by atoms with Crippen LogP contribution < -0.4 is 5.19 Å². The van der Waals surface area contributed by atoms with Crippen LogP contribution in [0.1, 0.15) is 18.9 Å². The predicted molar refractivity (Wildman–Crippen MR) is 59.8 cm³/mol. The maximum atomic E-state index is 6.36. The van der Waals surface area contributed by atoms with Gasteiger partial charge in [0.05, 0.1) is 15.1 Å². The number of alkyl halides is 1. The molecule has 1 rings (SSSR count). The predicted octanol–water partition coefficient (Wildman–Crippen LogP) is 2.51. The first kappa shape index (κ1) is 10.5. The summed E-state index contributed by atoms with van der Waals surface area (Å²) >= 11 is 6.36. The van der Waals surface area contributed by atoms with Crippen LogP contribution in [-0.4, -0.2) is 10.2 Å². The van der Waals surface area contributed by atoms with E-state index in [4.69, 9.17) is 11.6 Å². The van der Waals surface area contributed by atoms with Gasteiger partial charge in [0.1, 0.15) is 0 Å². The van der Waals surface area contributed by atoms with Crippen molar-refractivity contribution in [2.75, 3.05) is 0 Å². The third-order valence-corrected chi connectivity index (χ3v) is 2.81. The highest BCUT2D eigenvalue weighted by Crippen LogP contribution is 2.30. The number of hydrogen-bond acceptors (Lipinski definition) is 0. The minimum absolute atomic E-state index is 0.361. The molecule has 13 heavy (non-hydrogen) atoms. The van der Waals surface area contributed by atoms with Gasteiger partial charge in [-0.1, -0.05) is 35.5 Å². The molecule has 0 aliphatic heterocycles. The lowest BCUT2D eigenvalue weighted by Gasteiger charge is -2.22. The summed E-state index contributed by atoms with van der Waals surface area (Å²) in [6.07, 6.45) is 2.60. The first-order valence-corrected chi connectivity index (χ1v) is 5.06.